The lowest BCUT2D eigenvalue weighted by Crippen LogP contribution is -2.02. The molecule has 0 saturated carbocycles. The Kier molecular flexibility index (Phi) is 3.33. The Morgan fingerprint density at radius 1 is 0.941 bits per heavy atom. The maximum absolute atomic E-state index is 6.01. The highest BCUT2D eigenvalue weighted by molar-refractivity contribution is 5.53. The van der Waals surface area contributed by atoms with Gasteiger partial charge in [0.15, 0.2) is 0 Å². The fraction of sp³-hybridized carbons (Fsp3) is 0.200. The lowest BCUT2D eigenvalue weighted by molar-refractivity contribution is 0.408. The maximum Gasteiger partial charge on any atom is 0.122 e. The largest absolute Gasteiger partial charge is 0.496 e. The Labute approximate surface area is 102 Å². The van der Waals surface area contributed by atoms with Crippen LogP contribution in [0.2, 0.25) is 0 Å². The van der Waals surface area contributed by atoms with Crippen LogP contribution in [0.15, 0.2) is 48.5 Å². The highest BCUT2D eigenvalue weighted by Gasteiger charge is 2.14. The van der Waals surface area contributed by atoms with Gasteiger partial charge in [-0.25, -0.2) is 0 Å². The van der Waals surface area contributed by atoms with Crippen molar-refractivity contribution in [3.05, 3.63) is 59.7 Å². The average molecular weight is 227 g/mol. The molecule has 0 saturated heterocycles. The quantitative estimate of drug-likeness (QED) is 0.815. The summed E-state index contributed by atoms with van der Waals surface area (Å²) in [4.78, 5) is 0. The Hall–Kier alpha value is -1.96. The average Bonchev–Trinajstić information content (AvgIpc) is 2.38. The van der Waals surface area contributed by atoms with E-state index in [0.29, 0.717) is 0 Å². The second-order valence-electron chi connectivity index (χ2n) is 4.09. The van der Waals surface area contributed by atoms with Gasteiger partial charge >= 0.3 is 0 Å². The van der Waals surface area contributed by atoms with E-state index in [2.05, 4.69) is 19.1 Å². The second kappa shape index (κ2) is 4.91. The first-order valence-corrected chi connectivity index (χ1v) is 5.71. The lowest BCUT2D eigenvalue weighted by atomic mass is 9.91. The Morgan fingerprint density at radius 3 is 2.18 bits per heavy atom. The van der Waals surface area contributed by atoms with E-state index in [4.69, 9.17) is 10.5 Å². The monoisotopic (exact) mass is 227 g/mol. The molecule has 0 bridgehead atoms. The van der Waals surface area contributed by atoms with Crippen molar-refractivity contribution in [2.75, 3.05) is 12.8 Å². The van der Waals surface area contributed by atoms with Gasteiger partial charge in [-0.05, 0) is 17.7 Å². The van der Waals surface area contributed by atoms with Crippen LogP contribution in [0, 0.1) is 0 Å². The smallest absolute Gasteiger partial charge is 0.122 e. The molecule has 0 amide bonds. The molecule has 0 heterocycles. The first-order valence-electron chi connectivity index (χ1n) is 5.71. The van der Waals surface area contributed by atoms with E-state index in [-0.39, 0.29) is 5.92 Å². The molecule has 0 aliphatic heterocycles. The predicted octanol–water partition coefficient (Wildman–Crippen LogP) is 3.43. The van der Waals surface area contributed by atoms with Gasteiger partial charge in [-0.3, -0.25) is 0 Å². The van der Waals surface area contributed by atoms with Crippen molar-refractivity contribution in [2.45, 2.75) is 12.8 Å². The molecule has 2 aromatic carbocycles. The summed E-state index contributed by atoms with van der Waals surface area (Å²) in [6.07, 6.45) is 0. The van der Waals surface area contributed by atoms with Crippen molar-refractivity contribution in [3.8, 4) is 5.75 Å². The summed E-state index contributed by atoms with van der Waals surface area (Å²) in [6.45, 7) is 2.14. The van der Waals surface area contributed by atoms with Crippen LogP contribution >= 0.6 is 0 Å². The van der Waals surface area contributed by atoms with E-state index in [1.165, 1.54) is 0 Å². The van der Waals surface area contributed by atoms with E-state index in [1.807, 2.05) is 36.4 Å². The number of methoxy groups -OCH3 is 1. The van der Waals surface area contributed by atoms with Crippen LogP contribution < -0.4 is 10.5 Å². The summed E-state index contributed by atoms with van der Waals surface area (Å²) >= 11 is 0. The maximum atomic E-state index is 6.01. The molecule has 88 valence electrons. The van der Waals surface area contributed by atoms with Crippen LogP contribution in [0.25, 0.3) is 0 Å². The topological polar surface area (TPSA) is 35.2 Å². The third-order valence-corrected chi connectivity index (χ3v) is 3.07. The summed E-state index contributed by atoms with van der Waals surface area (Å²) in [7, 11) is 1.69. The van der Waals surface area contributed by atoms with Crippen molar-refractivity contribution in [1.82, 2.24) is 0 Å². The molecule has 0 aliphatic carbocycles. The number of hydrogen-bond acceptors (Lipinski definition) is 2. The molecule has 1 unspecified atom stereocenters. The van der Waals surface area contributed by atoms with Gasteiger partial charge in [0.1, 0.15) is 5.75 Å². The first-order chi connectivity index (χ1) is 8.24. The van der Waals surface area contributed by atoms with E-state index >= 15 is 0 Å². The van der Waals surface area contributed by atoms with Gasteiger partial charge in [-0.2, -0.15) is 0 Å². The molecule has 2 heteroatoms. The molecule has 2 nitrogen and oxygen atoms in total. The van der Waals surface area contributed by atoms with Gasteiger partial charge in [-0.1, -0.05) is 43.3 Å². The number of hydrogen-bond donors (Lipinski definition) is 1. The standard InChI is InChI=1S/C15H17NO/c1-11(12-7-3-5-9-14(12)16)13-8-4-6-10-15(13)17-2/h3-11H,16H2,1-2H3. The van der Waals surface area contributed by atoms with Crippen molar-refractivity contribution < 1.29 is 4.74 Å². The van der Waals surface area contributed by atoms with Gasteiger partial charge in [-0.15, -0.1) is 0 Å². The molecule has 2 aromatic rings. The van der Waals surface area contributed by atoms with E-state index in [9.17, 15) is 0 Å². The number of ether oxygens (including phenoxy) is 1. The molecule has 0 radical (unpaired) electrons. The van der Waals surface area contributed by atoms with Crippen molar-refractivity contribution in [3.63, 3.8) is 0 Å². The molecule has 0 spiro atoms. The van der Waals surface area contributed by atoms with Gasteiger partial charge < -0.3 is 10.5 Å². The number of para-hydroxylation sites is 2. The number of anilines is 1. The molecular weight excluding hydrogens is 210 g/mol. The first kappa shape index (κ1) is 11.5. The zero-order valence-electron chi connectivity index (χ0n) is 10.2. The molecular formula is C15H17NO. The van der Waals surface area contributed by atoms with E-state index in [1.54, 1.807) is 7.11 Å². The molecule has 0 aromatic heterocycles. The Bertz CT molecular complexity index is 508. The minimum Gasteiger partial charge on any atom is -0.496 e. The minimum absolute atomic E-state index is 0.229. The van der Waals surface area contributed by atoms with Crippen LogP contribution in [-0.4, -0.2) is 7.11 Å². The minimum atomic E-state index is 0.229. The zero-order chi connectivity index (χ0) is 12.3. The molecule has 2 N–H and O–H groups in total. The number of nitrogens with two attached hydrogens (primary N) is 1. The highest BCUT2D eigenvalue weighted by atomic mass is 16.5. The second-order valence-corrected chi connectivity index (χ2v) is 4.09. The van der Waals surface area contributed by atoms with Crippen molar-refractivity contribution >= 4 is 5.69 Å². The predicted molar refractivity (Wildman–Crippen MR) is 71.4 cm³/mol. The van der Waals surface area contributed by atoms with Gasteiger partial charge in [0.25, 0.3) is 0 Å². The van der Waals surface area contributed by atoms with Crippen molar-refractivity contribution in [2.24, 2.45) is 0 Å². The zero-order valence-corrected chi connectivity index (χ0v) is 10.2. The van der Waals surface area contributed by atoms with Crippen LogP contribution in [0.1, 0.15) is 24.0 Å². The third kappa shape index (κ3) is 2.26. The highest BCUT2D eigenvalue weighted by Crippen LogP contribution is 2.33. The van der Waals surface area contributed by atoms with Crippen LogP contribution in [0.3, 0.4) is 0 Å². The Morgan fingerprint density at radius 2 is 1.53 bits per heavy atom. The normalized spacial score (nSPS) is 12.1. The van der Waals surface area contributed by atoms with Crippen LogP contribution in [-0.2, 0) is 0 Å². The third-order valence-electron chi connectivity index (χ3n) is 3.07. The fourth-order valence-electron chi connectivity index (χ4n) is 2.10. The molecule has 2 rings (SSSR count). The summed E-state index contributed by atoms with van der Waals surface area (Å²) in [6, 6.07) is 16.0. The lowest BCUT2D eigenvalue weighted by Gasteiger charge is -2.17. The fourth-order valence-corrected chi connectivity index (χ4v) is 2.10. The summed E-state index contributed by atoms with van der Waals surface area (Å²) in [5, 5.41) is 0. The summed E-state index contributed by atoms with van der Waals surface area (Å²) in [5.74, 6) is 1.13. The van der Waals surface area contributed by atoms with E-state index < -0.39 is 0 Å². The van der Waals surface area contributed by atoms with E-state index in [0.717, 1.165) is 22.6 Å². The van der Waals surface area contributed by atoms with Gasteiger partial charge in [0.2, 0.25) is 0 Å². The SMILES string of the molecule is COc1ccccc1C(C)c1ccccc1N. The van der Waals surface area contributed by atoms with Gasteiger partial charge in [0.05, 0.1) is 7.11 Å². The summed E-state index contributed by atoms with van der Waals surface area (Å²) in [5.41, 5.74) is 9.13. The Balaban J connectivity index is 2.44. The molecule has 0 fully saturated rings. The van der Waals surface area contributed by atoms with Crippen molar-refractivity contribution in [1.29, 1.82) is 0 Å². The van der Waals surface area contributed by atoms with Gasteiger partial charge in [0, 0.05) is 17.2 Å². The number of benzene rings is 2. The van der Waals surface area contributed by atoms with Crippen LogP contribution in [0.4, 0.5) is 5.69 Å². The van der Waals surface area contributed by atoms with Crippen LogP contribution in [0.5, 0.6) is 5.75 Å². The molecule has 17 heavy (non-hydrogen) atoms. The molecule has 1 atom stereocenters. The molecule has 0 aliphatic rings. The summed E-state index contributed by atoms with van der Waals surface area (Å²) < 4.78 is 5.39. The number of nitrogen functional groups attached to an aromatic ring is 1. The number of rotatable bonds is 3.